The fourth-order valence-electron chi connectivity index (χ4n) is 2.83. The number of hydrogen-bond donors (Lipinski definition) is 2. The number of nitrogens with zero attached hydrogens (tertiary/aromatic N) is 1. The van der Waals surface area contributed by atoms with Crippen molar-refractivity contribution in [2.45, 2.75) is 11.9 Å². The maximum Gasteiger partial charge on any atom is 0.518 e. The van der Waals surface area contributed by atoms with Gasteiger partial charge in [0.15, 0.2) is 0 Å². The molecule has 1 atom stereocenters. The highest BCUT2D eigenvalue weighted by Gasteiger charge is 2.46. The van der Waals surface area contributed by atoms with E-state index in [1.54, 1.807) is 13.1 Å². The van der Waals surface area contributed by atoms with Crippen LogP contribution >= 0.6 is 0 Å². The molecule has 0 amide bonds. The predicted octanol–water partition coefficient (Wildman–Crippen LogP) is 3.42. The zero-order valence-corrected chi connectivity index (χ0v) is 14.5. The van der Waals surface area contributed by atoms with Crippen LogP contribution < -0.4 is 10.6 Å². The zero-order valence-electron chi connectivity index (χ0n) is 13.7. The minimum Gasteiger partial charge on any atom is -0.388 e. The molecule has 138 valence electrons. The third kappa shape index (κ3) is 3.52. The fourth-order valence-corrected chi connectivity index (χ4v) is 3.40. The summed E-state index contributed by atoms with van der Waals surface area (Å²) in [6.45, 7) is 0. The predicted molar refractivity (Wildman–Crippen MR) is 94.8 cm³/mol. The van der Waals surface area contributed by atoms with E-state index >= 15 is 0 Å². The molecule has 5 nitrogen and oxygen atoms in total. The highest BCUT2D eigenvalue weighted by atomic mass is 32.2. The highest BCUT2D eigenvalue weighted by Crippen LogP contribution is 2.35. The molecule has 1 aliphatic carbocycles. The number of nitrogens with one attached hydrogen (secondary N) is 2. The number of benzene rings is 1. The van der Waals surface area contributed by atoms with E-state index in [1.165, 1.54) is 12.3 Å². The molecule has 3 rings (SSSR count). The molecule has 0 fully saturated rings. The fraction of sp³-hybridized carbons (Fsp3) is 0.235. The average Bonchev–Trinajstić information content (AvgIpc) is 2.60. The summed E-state index contributed by atoms with van der Waals surface area (Å²) in [6.07, 6.45) is 6.58. The van der Waals surface area contributed by atoms with E-state index in [4.69, 9.17) is 0 Å². The van der Waals surface area contributed by atoms with Gasteiger partial charge in [0.1, 0.15) is 0 Å². The molecule has 0 radical (unpaired) electrons. The third-order valence-electron chi connectivity index (χ3n) is 4.16. The molecule has 1 aliphatic heterocycles. The number of hydrogen-bond acceptors (Lipinski definition) is 4. The second-order valence-corrected chi connectivity index (χ2v) is 7.41. The number of halogens is 3. The van der Waals surface area contributed by atoms with Crippen LogP contribution in [-0.4, -0.2) is 26.7 Å². The lowest BCUT2D eigenvalue weighted by molar-refractivity contribution is -0.0435. The summed E-state index contributed by atoms with van der Waals surface area (Å²) in [5, 5.41) is 5.96. The van der Waals surface area contributed by atoms with Gasteiger partial charge in [0.2, 0.25) is 0 Å². The zero-order chi connectivity index (χ0) is 18.9. The van der Waals surface area contributed by atoms with Crippen LogP contribution in [0, 0.1) is 5.92 Å². The molecule has 0 spiro atoms. The molecule has 0 saturated heterocycles. The van der Waals surface area contributed by atoms with Crippen molar-refractivity contribution in [1.82, 2.24) is 5.32 Å². The van der Waals surface area contributed by atoms with Gasteiger partial charge >= 0.3 is 15.5 Å². The van der Waals surface area contributed by atoms with Crippen molar-refractivity contribution in [1.29, 1.82) is 0 Å². The molecular weight excluding hydrogens is 367 g/mol. The second-order valence-electron chi connectivity index (χ2n) is 5.82. The Morgan fingerprint density at radius 2 is 2.04 bits per heavy atom. The van der Waals surface area contributed by atoms with E-state index in [0.717, 1.165) is 16.8 Å². The summed E-state index contributed by atoms with van der Waals surface area (Å²) >= 11 is 0. The molecule has 2 N–H and O–H groups in total. The van der Waals surface area contributed by atoms with E-state index < -0.39 is 21.4 Å². The summed E-state index contributed by atoms with van der Waals surface area (Å²) in [7, 11) is -3.80. The van der Waals surface area contributed by atoms with Gasteiger partial charge in [-0.25, -0.2) is 0 Å². The van der Waals surface area contributed by atoms with E-state index in [2.05, 4.69) is 15.0 Å². The van der Waals surface area contributed by atoms with Crippen LogP contribution in [0.3, 0.4) is 0 Å². The summed E-state index contributed by atoms with van der Waals surface area (Å²) in [5.74, 6) is -0.588. The van der Waals surface area contributed by atoms with Crippen molar-refractivity contribution in [3.8, 4) is 0 Å². The maximum absolute atomic E-state index is 12.7. The van der Waals surface area contributed by atoms with Crippen molar-refractivity contribution in [2.24, 2.45) is 10.3 Å². The van der Waals surface area contributed by atoms with Crippen molar-refractivity contribution < 1.29 is 21.6 Å². The van der Waals surface area contributed by atoms with Crippen LogP contribution in [0.5, 0.6) is 0 Å². The van der Waals surface area contributed by atoms with E-state index in [1.807, 2.05) is 30.3 Å². The van der Waals surface area contributed by atoms with Crippen LogP contribution in [0.4, 0.5) is 18.9 Å². The van der Waals surface area contributed by atoms with Gasteiger partial charge in [0.05, 0.1) is 5.71 Å². The molecule has 0 bridgehead atoms. The van der Waals surface area contributed by atoms with Crippen molar-refractivity contribution in [3.05, 3.63) is 60.0 Å². The van der Waals surface area contributed by atoms with Gasteiger partial charge in [-0.2, -0.15) is 26.0 Å². The van der Waals surface area contributed by atoms with E-state index in [-0.39, 0.29) is 5.71 Å². The Morgan fingerprint density at radius 3 is 2.73 bits per heavy atom. The van der Waals surface area contributed by atoms with Gasteiger partial charge in [-0.15, -0.1) is 0 Å². The Kier molecular flexibility index (Phi) is 4.66. The van der Waals surface area contributed by atoms with Crippen LogP contribution in [0.2, 0.25) is 0 Å². The average molecular weight is 383 g/mol. The van der Waals surface area contributed by atoms with Gasteiger partial charge < -0.3 is 10.6 Å². The quantitative estimate of drug-likeness (QED) is 0.839. The van der Waals surface area contributed by atoms with Gasteiger partial charge in [-0.3, -0.25) is 0 Å². The first-order chi connectivity index (χ1) is 12.2. The Bertz CT molecular complexity index is 944. The molecule has 1 aromatic rings. The summed E-state index contributed by atoms with van der Waals surface area (Å²) in [6, 6.07) is 7.56. The SMILES string of the molecule is CNc1cccc(C2=CC=C3NC=CC(=NS(=O)(=O)C(F)(F)F)C3C2)c1. The lowest BCUT2D eigenvalue weighted by Crippen LogP contribution is -2.31. The number of sulfonamides is 1. The molecule has 9 heteroatoms. The Hall–Kier alpha value is -2.55. The number of allylic oxidation sites excluding steroid dienone is 5. The van der Waals surface area contributed by atoms with Crippen LogP contribution in [0.1, 0.15) is 12.0 Å². The van der Waals surface area contributed by atoms with Crippen molar-refractivity contribution >= 4 is 27.0 Å². The van der Waals surface area contributed by atoms with E-state index in [0.29, 0.717) is 12.1 Å². The number of fused-ring (bicyclic) bond motifs is 1. The number of rotatable bonds is 3. The summed E-state index contributed by atoms with van der Waals surface area (Å²) < 4.78 is 63.9. The monoisotopic (exact) mass is 383 g/mol. The Labute approximate surface area is 149 Å². The minimum atomic E-state index is -5.59. The molecule has 1 aromatic carbocycles. The molecule has 26 heavy (non-hydrogen) atoms. The van der Waals surface area contributed by atoms with Gasteiger partial charge in [-0.1, -0.05) is 18.2 Å². The molecule has 1 unspecified atom stereocenters. The first-order valence-electron chi connectivity index (χ1n) is 7.74. The first kappa shape index (κ1) is 18.2. The summed E-state index contributed by atoms with van der Waals surface area (Å²) in [4.78, 5) is 0. The van der Waals surface area contributed by atoms with Crippen LogP contribution in [0.15, 0.2) is 58.8 Å². The van der Waals surface area contributed by atoms with Crippen molar-refractivity contribution in [2.75, 3.05) is 12.4 Å². The standard InChI is InChI=1S/C17H16F3N3O2S/c1-21-13-4-2-3-11(9-13)12-5-6-15-14(10-12)16(7-8-22-15)23-26(24,25)17(18,19)20/h2-9,14,21-22H,10H2,1H3. The molecule has 2 aliphatic rings. The van der Waals surface area contributed by atoms with Crippen LogP contribution in [0.25, 0.3) is 5.57 Å². The summed E-state index contributed by atoms with van der Waals surface area (Å²) in [5.41, 5.74) is -2.27. The Morgan fingerprint density at radius 1 is 1.27 bits per heavy atom. The number of anilines is 1. The van der Waals surface area contributed by atoms with Gasteiger partial charge in [-0.05, 0) is 41.8 Å². The van der Waals surface area contributed by atoms with Gasteiger partial charge in [0, 0.05) is 30.5 Å². The minimum absolute atomic E-state index is 0.136. The van der Waals surface area contributed by atoms with Gasteiger partial charge in [0.25, 0.3) is 0 Å². The topological polar surface area (TPSA) is 70.6 Å². The molecule has 0 saturated carbocycles. The molecule has 0 aromatic heterocycles. The van der Waals surface area contributed by atoms with Crippen LogP contribution in [-0.2, 0) is 10.0 Å². The third-order valence-corrected chi connectivity index (χ3v) is 5.20. The second kappa shape index (κ2) is 6.64. The molecular formula is C17H16F3N3O2S. The largest absolute Gasteiger partial charge is 0.518 e. The lowest BCUT2D eigenvalue weighted by Gasteiger charge is -2.28. The number of alkyl halides is 3. The smallest absolute Gasteiger partial charge is 0.388 e. The first-order valence-corrected chi connectivity index (χ1v) is 9.18. The Balaban J connectivity index is 1.96. The highest BCUT2D eigenvalue weighted by molar-refractivity contribution is 7.91. The normalized spacial score (nSPS) is 21.5. The lowest BCUT2D eigenvalue weighted by atomic mass is 9.83. The van der Waals surface area contributed by atoms with E-state index in [9.17, 15) is 21.6 Å². The van der Waals surface area contributed by atoms with Crippen molar-refractivity contribution in [3.63, 3.8) is 0 Å². The maximum atomic E-state index is 12.7. The molecule has 1 heterocycles.